The molecule has 0 bridgehead atoms. The highest BCUT2D eigenvalue weighted by Gasteiger charge is 1.80. The van der Waals surface area contributed by atoms with Gasteiger partial charge in [-0.05, 0) is 0 Å². The van der Waals surface area contributed by atoms with Crippen molar-refractivity contribution in [1.82, 2.24) is 0 Å². The molecule has 0 N–H and O–H groups in total. The Morgan fingerprint density at radius 3 is 1.70 bits per heavy atom. The van der Waals surface area contributed by atoms with Crippen LogP contribution in [0.3, 0.4) is 0 Å². The Kier molecular flexibility index (Phi) is 50.5. The summed E-state index contributed by atoms with van der Waals surface area (Å²) in [6, 6.07) is 1.17. The molecule has 0 aromatic carbocycles. The molecular formula is C6H16Cl3Si. The van der Waals surface area contributed by atoms with Crippen LogP contribution in [0.15, 0.2) is 0 Å². The highest BCUT2D eigenvalue weighted by atomic mass is 35.5. The Morgan fingerprint density at radius 2 is 1.40 bits per heavy atom. The highest BCUT2D eigenvalue weighted by molar-refractivity contribution is 6.08. The normalized spacial score (nSPS) is 6.60. The molecule has 0 fully saturated rings. The van der Waals surface area contributed by atoms with Crippen molar-refractivity contribution in [2.75, 3.05) is 0 Å². The van der Waals surface area contributed by atoms with Gasteiger partial charge < -0.3 is 0 Å². The summed E-state index contributed by atoms with van der Waals surface area (Å²) in [5, 5.41) is 0. The molecule has 0 rings (SSSR count). The molecular weight excluding hydrogens is 207 g/mol. The quantitative estimate of drug-likeness (QED) is 0.505. The van der Waals surface area contributed by atoms with E-state index in [1.54, 1.807) is 0 Å². The van der Waals surface area contributed by atoms with Gasteiger partial charge in [0, 0.05) is 10.2 Å². The first-order chi connectivity index (χ1) is 3.41. The first-order valence-corrected chi connectivity index (χ1v) is 3.77. The highest BCUT2D eigenvalue weighted by Crippen LogP contribution is 1.99. The first kappa shape index (κ1) is 22.5. The Balaban J connectivity index is -0.0000000600. The Hall–Kier alpha value is 1.09. The van der Waals surface area contributed by atoms with Gasteiger partial charge in [-0.25, -0.2) is 0 Å². The van der Waals surface area contributed by atoms with Crippen molar-refractivity contribution in [3.05, 3.63) is 0 Å². The van der Waals surface area contributed by atoms with E-state index in [0.29, 0.717) is 0 Å². The molecule has 0 saturated carbocycles. The van der Waals surface area contributed by atoms with Crippen LogP contribution in [-0.2, 0) is 0 Å². The summed E-state index contributed by atoms with van der Waals surface area (Å²) in [6.07, 6.45) is 5.46. The monoisotopic (exact) mass is 221 g/mol. The molecule has 0 aromatic rings. The number of unbranched alkanes of at least 4 members (excludes halogenated alkanes) is 3. The molecule has 65 valence electrons. The SMILES string of the molecule is CCCCCC[Si].Cl.Cl.Cl. The number of hydrogen-bond acceptors (Lipinski definition) is 0. The lowest BCUT2D eigenvalue weighted by Crippen LogP contribution is -1.72. The van der Waals surface area contributed by atoms with Crippen molar-refractivity contribution in [2.45, 2.75) is 38.7 Å². The van der Waals surface area contributed by atoms with Crippen LogP contribution in [0.25, 0.3) is 0 Å². The summed E-state index contributed by atoms with van der Waals surface area (Å²) in [5.41, 5.74) is 0. The van der Waals surface area contributed by atoms with Gasteiger partial charge in [0.1, 0.15) is 0 Å². The van der Waals surface area contributed by atoms with Gasteiger partial charge in [-0.15, -0.1) is 37.2 Å². The lowest BCUT2D eigenvalue weighted by molar-refractivity contribution is 0.701. The summed E-state index contributed by atoms with van der Waals surface area (Å²) in [5.74, 6) is 0. The number of rotatable bonds is 4. The fraction of sp³-hybridized carbons (Fsp3) is 1.00. The van der Waals surface area contributed by atoms with Gasteiger partial charge >= 0.3 is 0 Å². The molecule has 0 aliphatic carbocycles. The van der Waals surface area contributed by atoms with Gasteiger partial charge in [0.15, 0.2) is 0 Å². The predicted molar refractivity (Wildman–Crippen MR) is 56.4 cm³/mol. The zero-order valence-electron chi connectivity index (χ0n) is 6.26. The molecule has 10 heavy (non-hydrogen) atoms. The third-order valence-electron chi connectivity index (χ3n) is 1.03. The Labute approximate surface area is 86.2 Å². The van der Waals surface area contributed by atoms with Crippen molar-refractivity contribution >= 4 is 47.5 Å². The fourth-order valence-electron chi connectivity index (χ4n) is 0.552. The molecule has 0 nitrogen and oxygen atoms in total. The molecule has 0 aliphatic rings. The summed E-state index contributed by atoms with van der Waals surface area (Å²) < 4.78 is 0. The van der Waals surface area contributed by atoms with E-state index in [4.69, 9.17) is 0 Å². The molecule has 0 amide bonds. The minimum Gasteiger partial charge on any atom is -0.147 e. The van der Waals surface area contributed by atoms with Crippen LogP contribution in [-0.4, -0.2) is 10.2 Å². The smallest absolute Gasteiger partial charge is 0.0222 e. The van der Waals surface area contributed by atoms with Gasteiger partial charge in [0.05, 0.1) is 0 Å². The minimum atomic E-state index is 0. The lowest BCUT2D eigenvalue weighted by atomic mass is 10.2. The van der Waals surface area contributed by atoms with Crippen LogP contribution in [0, 0.1) is 0 Å². The van der Waals surface area contributed by atoms with Crippen molar-refractivity contribution < 1.29 is 0 Å². The standard InChI is InChI=1S/C6H13Si.3ClH/c1-2-3-4-5-6-7;;;/h2-6H2,1H3;3*1H. The van der Waals surface area contributed by atoms with E-state index in [1.165, 1.54) is 31.7 Å². The Morgan fingerprint density at radius 1 is 0.900 bits per heavy atom. The average molecular weight is 223 g/mol. The average Bonchev–Trinajstić information content (AvgIpc) is 1.69. The van der Waals surface area contributed by atoms with Crippen LogP contribution in [0.5, 0.6) is 0 Å². The van der Waals surface area contributed by atoms with E-state index >= 15 is 0 Å². The van der Waals surface area contributed by atoms with Gasteiger partial charge in [0.25, 0.3) is 0 Å². The van der Waals surface area contributed by atoms with Gasteiger partial charge in [-0.2, -0.15) is 0 Å². The van der Waals surface area contributed by atoms with Crippen molar-refractivity contribution in [3.8, 4) is 0 Å². The van der Waals surface area contributed by atoms with Gasteiger partial charge in [0.2, 0.25) is 0 Å². The summed E-state index contributed by atoms with van der Waals surface area (Å²) in [6.45, 7) is 2.23. The number of halogens is 3. The van der Waals surface area contributed by atoms with Gasteiger partial charge in [-0.3, -0.25) is 0 Å². The maximum Gasteiger partial charge on any atom is 0.0222 e. The van der Waals surface area contributed by atoms with Crippen LogP contribution in [0.2, 0.25) is 6.04 Å². The van der Waals surface area contributed by atoms with E-state index < -0.39 is 0 Å². The van der Waals surface area contributed by atoms with Crippen molar-refractivity contribution in [3.63, 3.8) is 0 Å². The summed E-state index contributed by atoms with van der Waals surface area (Å²) in [7, 11) is 3.42. The molecule has 0 unspecified atom stereocenters. The maximum atomic E-state index is 3.42. The van der Waals surface area contributed by atoms with E-state index in [-0.39, 0.29) is 37.2 Å². The zero-order chi connectivity index (χ0) is 5.54. The molecule has 0 heterocycles. The maximum absolute atomic E-state index is 3.42. The molecule has 0 aliphatic heterocycles. The Bertz CT molecular complexity index is 32.2. The van der Waals surface area contributed by atoms with Crippen LogP contribution >= 0.6 is 37.2 Å². The molecule has 0 atom stereocenters. The molecule has 0 spiro atoms. The third-order valence-corrected chi connectivity index (χ3v) is 1.38. The van der Waals surface area contributed by atoms with Crippen LogP contribution in [0.4, 0.5) is 0 Å². The predicted octanol–water partition coefficient (Wildman–Crippen LogP) is 3.42. The van der Waals surface area contributed by atoms with E-state index in [2.05, 4.69) is 17.2 Å². The molecule has 4 heteroatoms. The lowest BCUT2D eigenvalue weighted by Gasteiger charge is -1.90. The fourth-order valence-corrected chi connectivity index (χ4v) is 0.802. The molecule has 0 aromatic heterocycles. The number of hydrogen-bond donors (Lipinski definition) is 0. The molecule has 3 radical (unpaired) electrons. The minimum absolute atomic E-state index is 0. The third kappa shape index (κ3) is 23.0. The second kappa shape index (κ2) is 22.5. The zero-order valence-corrected chi connectivity index (χ0v) is 9.71. The topological polar surface area (TPSA) is 0 Å². The van der Waals surface area contributed by atoms with Crippen LogP contribution in [0.1, 0.15) is 32.6 Å². The van der Waals surface area contributed by atoms with Gasteiger partial charge in [-0.1, -0.05) is 38.7 Å². The van der Waals surface area contributed by atoms with Crippen LogP contribution < -0.4 is 0 Å². The van der Waals surface area contributed by atoms with E-state index in [9.17, 15) is 0 Å². The largest absolute Gasteiger partial charge is 0.147 e. The van der Waals surface area contributed by atoms with E-state index in [1.807, 2.05) is 0 Å². The molecule has 0 saturated heterocycles. The van der Waals surface area contributed by atoms with E-state index in [0.717, 1.165) is 0 Å². The van der Waals surface area contributed by atoms with Crippen molar-refractivity contribution in [1.29, 1.82) is 0 Å². The van der Waals surface area contributed by atoms with Crippen molar-refractivity contribution in [2.24, 2.45) is 0 Å². The second-order valence-electron chi connectivity index (χ2n) is 1.81. The first-order valence-electron chi connectivity index (χ1n) is 3.06. The summed E-state index contributed by atoms with van der Waals surface area (Å²) in [4.78, 5) is 0. The second-order valence-corrected chi connectivity index (χ2v) is 2.31. The summed E-state index contributed by atoms with van der Waals surface area (Å²) >= 11 is 0.